The lowest BCUT2D eigenvalue weighted by Gasteiger charge is -2.07. The maximum atomic E-state index is 11.7. The number of hydrogen-bond donors (Lipinski definition) is 1. The largest absolute Gasteiger partial charge is 0.464 e. The smallest absolute Gasteiger partial charge is 0.324 e. The monoisotopic (exact) mass is 247 g/mol. The van der Waals surface area contributed by atoms with Crippen LogP contribution in [0.1, 0.15) is 6.42 Å². The van der Waals surface area contributed by atoms with E-state index in [1.807, 2.05) is 0 Å². The first-order valence-electron chi connectivity index (χ1n) is 4.32. The predicted molar refractivity (Wildman–Crippen MR) is 54.0 cm³/mol. The second-order valence-corrected chi connectivity index (χ2v) is 5.95. The summed E-state index contributed by atoms with van der Waals surface area (Å²) in [6.45, 7) is 0.274. The molecule has 1 saturated heterocycles. The number of ether oxygens (including phenoxy) is 1. The van der Waals surface area contributed by atoms with Gasteiger partial charge in [0.2, 0.25) is 0 Å². The molecule has 1 fully saturated rings. The molecule has 5 nitrogen and oxygen atoms in total. The fourth-order valence-electron chi connectivity index (χ4n) is 1.26. The van der Waals surface area contributed by atoms with Gasteiger partial charge in [0.05, 0.1) is 6.61 Å². The minimum atomic E-state index is -3.57. The van der Waals surface area contributed by atoms with Crippen LogP contribution in [0.25, 0.3) is 0 Å². The van der Waals surface area contributed by atoms with Crippen LogP contribution < -0.4 is 4.72 Å². The average molecular weight is 247 g/mol. The van der Waals surface area contributed by atoms with Gasteiger partial charge in [-0.1, -0.05) is 6.07 Å². The van der Waals surface area contributed by atoms with Crippen molar-refractivity contribution in [3.63, 3.8) is 0 Å². The molecule has 0 aliphatic carbocycles. The topological polar surface area (TPSA) is 72.5 Å². The van der Waals surface area contributed by atoms with Gasteiger partial charge in [-0.3, -0.25) is 4.79 Å². The third kappa shape index (κ3) is 2.19. The van der Waals surface area contributed by atoms with Crippen molar-refractivity contribution in [1.29, 1.82) is 0 Å². The molecule has 0 bridgehead atoms. The van der Waals surface area contributed by atoms with Crippen molar-refractivity contribution in [3.05, 3.63) is 17.5 Å². The number of hydrogen-bond acceptors (Lipinski definition) is 5. The van der Waals surface area contributed by atoms with Crippen molar-refractivity contribution in [2.45, 2.75) is 16.7 Å². The number of carbonyl (C=O) groups excluding carboxylic acids is 1. The molecule has 0 aromatic carbocycles. The van der Waals surface area contributed by atoms with Crippen molar-refractivity contribution in [2.75, 3.05) is 6.61 Å². The van der Waals surface area contributed by atoms with Gasteiger partial charge in [0.1, 0.15) is 10.3 Å². The van der Waals surface area contributed by atoms with Crippen LogP contribution >= 0.6 is 11.3 Å². The number of thiophene rings is 1. The van der Waals surface area contributed by atoms with Crippen LogP contribution in [0.15, 0.2) is 21.7 Å². The van der Waals surface area contributed by atoms with Crippen LogP contribution in [0.5, 0.6) is 0 Å². The molecule has 1 aromatic rings. The number of rotatable bonds is 3. The second kappa shape index (κ2) is 3.92. The van der Waals surface area contributed by atoms with E-state index in [2.05, 4.69) is 9.46 Å². The minimum absolute atomic E-state index is 0.210. The van der Waals surface area contributed by atoms with Gasteiger partial charge in [0.15, 0.2) is 0 Å². The van der Waals surface area contributed by atoms with Gasteiger partial charge in [-0.2, -0.15) is 4.72 Å². The molecule has 1 unspecified atom stereocenters. The number of carbonyl (C=O) groups is 1. The normalized spacial score (nSPS) is 21.6. The minimum Gasteiger partial charge on any atom is -0.464 e. The molecule has 82 valence electrons. The van der Waals surface area contributed by atoms with Crippen molar-refractivity contribution in [3.8, 4) is 0 Å². The zero-order valence-electron chi connectivity index (χ0n) is 7.67. The number of nitrogens with one attached hydrogen (secondary N) is 1. The molecule has 2 heterocycles. The van der Waals surface area contributed by atoms with E-state index in [-0.39, 0.29) is 10.8 Å². The third-order valence-electron chi connectivity index (χ3n) is 1.99. The Hall–Kier alpha value is -0.920. The van der Waals surface area contributed by atoms with Crippen LogP contribution in [-0.4, -0.2) is 27.0 Å². The molecule has 7 heteroatoms. The van der Waals surface area contributed by atoms with Gasteiger partial charge in [-0.25, -0.2) is 8.42 Å². The molecule has 0 radical (unpaired) electrons. The zero-order valence-corrected chi connectivity index (χ0v) is 9.31. The van der Waals surface area contributed by atoms with E-state index in [1.165, 1.54) is 6.07 Å². The Bertz CT molecular complexity index is 451. The SMILES string of the molecule is O=C1OCCC1NS(=O)(=O)c1cccs1. The molecule has 0 spiro atoms. The zero-order chi connectivity index (χ0) is 10.9. The van der Waals surface area contributed by atoms with E-state index in [1.54, 1.807) is 11.4 Å². The fourth-order valence-corrected chi connectivity index (χ4v) is 3.49. The Labute approximate surface area is 91.1 Å². The van der Waals surface area contributed by atoms with Gasteiger partial charge in [-0.05, 0) is 11.4 Å². The Balaban J connectivity index is 2.15. The Morgan fingerprint density at radius 1 is 1.53 bits per heavy atom. The third-order valence-corrected chi connectivity index (χ3v) is 4.86. The van der Waals surface area contributed by atoms with E-state index < -0.39 is 22.0 Å². The molecule has 0 amide bonds. The highest BCUT2D eigenvalue weighted by molar-refractivity contribution is 7.91. The summed E-state index contributed by atoms with van der Waals surface area (Å²) < 4.78 is 30.6. The average Bonchev–Trinajstić information content (AvgIpc) is 2.77. The van der Waals surface area contributed by atoms with E-state index in [0.717, 1.165) is 11.3 Å². The summed E-state index contributed by atoms with van der Waals surface area (Å²) in [7, 11) is -3.57. The lowest BCUT2D eigenvalue weighted by Crippen LogP contribution is -2.37. The Morgan fingerprint density at radius 3 is 2.87 bits per heavy atom. The van der Waals surface area contributed by atoms with E-state index in [4.69, 9.17) is 0 Å². The van der Waals surface area contributed by atoms with Crippen molar-refractivity contribution in [1.82, 2.24) is 4.72 Å². The highest BCUT2D eigenvalue weighted by atomic mass is 32.2. The predicted octanol–water partition coefficient (Wildman–Crippen LogP) is 0.342. The van der Waals surface area contributed by atoms with Gasteiger partial charge < -0.3 is 4.74 Å². The van der Waals surface area contributed by atoms with E-state index >= 15 is 0 Å². The second-order valence-electron chi connectivity index (χ2n) is 3.06. The van der Waals surface area contributed by atoms with Crippen LogP contribution in [0.4, 0.5) is 0 Å². The Morgan fingerprint density at radius 2 is 2.33 bits per heavy atom. The standard InChI is InChI=1S/C8H9NO4S2/c10-8-6(3-4-13-8)9-15(11,12)7-2-1-5-14-7/h1-2,5-6,9H,3-4H2. The summed E-state index contributed by atoms with van der Waals surface area (Å²) >= 11 is 1.11. The summed E-state index contributed by atoms with van der Waals surface area (Å²) in [5.41, 5.74) is 0. The van der Waals surface area contributed by atoms with Crippen LogP contribution in [0, 0.1) is 0 Å². The molecule has 1 atom stereocenters. The maximum Gasteiger partial charge on any atom is 0.324 e. The molecular weight excluding hydrogens is 238 g/mol. The first kappa shape index (κ1) is 10.6. The highest BCUT2D eigenvalue weighted by Crippen LogP contribution is 2.17. The van der Waals surface area contributed by atoms with Crippen LogP contribution in [0.2, 0.25) is 0 Å². The molecule has 0 saturated carbocycles. The molecule has 1 aliphatic rings. The first-order chi connectivity index (χ1) is 7.09. The molecule has 1 aromatic heterocycles. The first-order valence-corrected chi connectivity index (χ1v) is 6.68. The van der Waals surface area contributed by atoms with Crippen molar-refractivity contribution in [2.24, 2.45) is 0 Å². The Kier molecular flexibility index (Phi) is 2.76. The summed E-state index contributed by atoms with van der Waals surface area (Å²) in [6.07, 6.45) is 0.392. The summed E-state index contributed by atoms with van der Waals surface area (Å²) in [4.78, 5) is 11.1. The molecule has 15 heavy (non-hydrogen) atoms. The molecule has 1 N–H and O–H groups in total. The van der Waals surface area contributed by atoms with E-state index in [0.29, 0.717) is 6.42 Å². The van der Waals surface area contributed by atoms with Gasteiger partial charge in [0, 0.05) is 6.42 Å². The summed E-state index contributed by atoms with van der Waals surface area (Å²) in [6, 6.07) is 2.40. The lowest BCUT2D eigenvalue weighted by molar-refractivity contribution is -0.139. The molecule has 2 rings (SSSR count). The molecule has 1 aliphatic heterocycles. The van der Waals surface area contributed by atoms with E-state index in [9.17, 15) is 13.2 Å². The summed E-state index contributed by atoms with van der Waals surface area (Å²) in [5, 5.41) is 1.67. The van der Waals surface area contributed by atoms with Crippen LogP contribution in [-0.2, 0) is 19.6 Å². The quantitative estimate of drug-likeness (QED) is 0.782. The lowest BCUT2D eigenvalue weighted by atomic mass is 10.3. The maximum absolute atomic E-state index is 11.7. The van der Waals surface area contributed by atoms with Gasteiger partial charge in [-0.15, -0.1) is 11.3 Å². The fraction of sp³-hybridized carbons (Fsp3) is 0.375. The number of sulfonamides is 1. The van der Waals surface area contributed by atoms with Gasteiger partial charge >= 0.3 is 5.97 Å². The number of cyclic esters (lactones) is 1. The highest BCUT2D eigenvalue weighted by Gasteiger charge is 2.31. The number of esters is 1. The summed E-state index contributed by atoms with van der Waals surface area (Å²) in [5.74, 6) is -0.505. The van der Waals surface area contributed by atoms with Crippen molar-refractivity contribution >= 4 is 27.3 Å². The van der Waals surface area contributed by atoms with Crippen LogP contribution in [0.3, 0.4) is 0 Å². The van der Waals surface area contributed by atoms with Crippen molar-refractivity contribution < 1.29 is 17.9 Å². The molecular formula is C8H9NO4S2. The van der Waals surface area contributed by atoms with Gasteiger partial charge in [0.25, 0.3) is 10.0 Å².